The maximum atomic E-state index is 11.4. The molecule has 0 saturated heterocycles. The number of hydrogen-bond donors (Lipinski definition) is 2. The van der Waals surface area contributed by atoms with Crippen molar-refractivity contribution in [1.29, 1.82) is 0 Å². The van der Waals surface area contributed by atoms with Crippen molar-refractivity contribution < 1.29 is 9.90 Å². The predicted octanol–water partition coefficient (Wildman–Crippen LogP) is 3.76. The highest BCUT2D eigenvalue weighted by Crippen LogP contribution is 2.27. The zero-order valence-corrected chi connectivity index (χ0v) is 12.1. The van der Waals surface area contributed by atoms with Crippen molar-refractivity contribution in [1.82, 2.24) is 4.98 Å². The fourth-order valence-electron chi connectivity index (χ4n) is 2.33. The highest BCUT2D eigenvalue weighted by molar-refractivity contribution is 5.95. The molecule has 0 saturated carbocycles. The van der Waals surface area contributed by atoms with Crippen molar-refractivity contribution in [2.45, 2.75) is 27.7 Å². The van der Waals surface area contributed by atoms with E-state index in [1.54, 1.807) is 13.0 Å². The molecule has 0 unspecified atom stereocenters. The summed E-state index contributed by atoms with van der Waals surface area (Å²) < 4.78 is 0. The molecule has 0 amide bonds. The van der Waals surface area contributed by atoms with Crippen LogP contribution in [0.3, 0.4) is 0 Å². The lowest BCUT2D eigenvalue weighted by atomic mass is 10.1. The zero-order valence-electron chi connectivity index (χ0n) is 12.1. The smallest absolute Gasteiger partial charge is 0.339 e. The molecule has 1 aromatic heterocycles. The first-order valence-electron chi connectivity index (χ1n) is 6.45. The van der Waals surface area contributed by atoms with E-state index < -0.39 is 5.97 Å². The Labute approximate surface area is 118 Å². The Balaban J connectivity index is 2.56. The van der Waals surface area contributed by atoms with E-state index in [1.807, 2.05) is 39.0 Å². The summed E-state index contributed by atoms with van der Waals surface area (Å²) in [7, 11) is 0. The molecular weight excluding hydrogens is 252 g/mol. The van der Waals surface area contributed by atoms with Crippen LogP contribution in [0.2, 0.25) is 0 Å². The van der Waals surface area contributed by atoms with Crippen LogP contribution >= 0.6 is 0 Å². The molecule has 4 nitrogen and oxygen atoms in total. The Morgan fingerprint density at radius 1 is 1.10 bits per heavy atom. The summed E-state index contributed by atoms with van der Waals surface area (Å²) in [6.07, 6.45) is 0. The number of nitrogens with one attached hydrogen (secondary N) is 1. The van der Waals surface area contributed by atoms with Gasteiger partial charge in [-0.05, 0) is 50.5 Å². The Bertz CT molecular complexity index is 658. The minimum Gasteiger partial charge on any atom is -0.478 e. The number of carboxylic acids is 1. The standard InChI is InChI=1S/C16H18N2O2/c1-9-6-5-7-10(2)14(9)18-15-13(16(19)20)11(3)8-12(4)17-15/h5-8H,1-4H3,(H,17,18)(H,19,20). The number of nitrogens with zero attached hydrogens (tertiary/aromatic N) is 1. The van der Waals surface area contributed by atoms with Crippen molar-refractivity contribution in [3.05, 3.63) is 52.2 Å². The maximum Gasteiger partial charge on any atom is 0.339 e. The lowest BCUT2D eigenvalue weighted by Gasteiger charge is -2.15. The van der Waals surface area contributed by atoms with Crippen LogP contribution in [0.25, 0.3) is 0 Å². The number of carbonyl (C=O) groups is 1. The number of pyridine rings is 1. The summed E-state index contributed by atoms with van der Waals surface area (Å²) in [6, 6.07) is 7.72. The number of rotatable bonds is 3. The van der Waals surface area contributed by atoms with Gasteiger partial charge in [0.15, 0.2) is 0 Å². The summed E-state index contributed by atoms with van der Waals surface area (Å²) in [4.78, 5) is 15.8. The fourth-order valence-corrected chi connectivity index (χ4v) is 2.33. The summed E-state index contributed by atoms with van der Waals surface area (Å²) in [5, 5.41) is 12.6. The van der Waals surface area contributed by atoms with Gasteiger partial charge in [0, 0.05) is 11.4 Å². The number of benzene rings is 1. The average molecular weight is 270 g/mol. The molecule has 1 heterocycles. The number of para-hydroxylation sites is 1. The molecular formula is C16H18N2O2. The topological polar surface area (TPSA) is 62.2 Å². The number of aromatic nitrogens is 1. The largest absolute Gasteiger partial charge is 0.478 e. The van der Waals surface area contributed by atoms with Gasteiger partial charge in [-0.25, -0.2) is 9.78 Å². The molecule has 0 aliphatic carbocycles. The van der Waals surface area contributed by atoms with Gasteiger partial charge >= 0.3 is 5.97 Å². The summed E-state index contributed by atoms with van der Waals surface area (Å²) in [5.74, 6) is -0.573. The predicted molar refractivity (Wildman–Crippen MR) is 79.9 cm³/mol. The second kappa shape index (κ2) is 5.33. The van der Waals surface area contributed by atoms with Crippen molar-refractivity contribution in [2.75, 3.05) is 5.32 Å². The molecule has 0 atom stereocenters. The van der Waals surface area contributed by atoms with Crippen molar-refractivity contribution in [3.8, 4) is 0 Å². The lowest BCUT2D eigenvalue weighted by molar-refractivity contribution is 0.0697. The number of aryl methyl sites for hydroxylation is 4. The molecule has 20 heavy (non-hydrogen) atoms. The molecule has 0 fully saturated rings. The van der Waals surface area contributed by atoms with E-state index in [4.69, 9.17) is 0 Å². The molecule has 4 heteroatoms. The first kappa shape index (κ1) is 14.1. The van der Waals surface area contributed by atoms with Crippen LogP contribution in [0.4, 0.5) is 11.5 Å². The molecule has 0 radical (unpaired) electrons. The highest BCUT2D eigenvalue weighted by atomic mass is 16.4. The fraction of sp³-hybridized carbons (Fsp3) is 0.250. The number of anilines is 2. The zero-order chi connectivity index (χ0) is 14.9. The average Bonchev–Trinajstić information content (AvgIpc) is 2.32. The van der Waals surface area contributed by atoms with Gasteiger partial charge in [0.1, 0.15) is 11.4 Å². The lowest BCUT2D eigenvalue weighted by Crippen LogP contribution is -2.09. The van der Waals surface area contributed by atoms with Crippen LogP contribution in [0.15, 0.2) is 24.3 Å². The highest BCUT2D eigenvalue weighted by Gasteiger charge is 2.16. The van der Waals surface area contributed by atoms with Gasteiger partial charge in [-0.3, -0.25) is 0 Å². The molecule has 1 aromatic carbocycles. The van der Waals surface area contributed by atoms with Gasteiger partial charge < -0.3 is 10.4 Å². The maximum absolute atomic E-state index is 11.4. The first-order valence-corrected chi connectivity index (χ1v) is 6.45. The van der Waals surface area contributed by atoms with Gasteiger partial charge in [0.05, 0.1) is 0 Å². The SMILES string of the molecule is Cc1cc(C)c(C(=O)O)c(Nc2c(C)cccc2C)n1. The second-order valence-corrected chi connectivity index (χ2v) is 5.00. The van der Waals surface area contributed by atoms with Crippen molar-refractivity contribution >= 4 is 17.5 Å². The van der Waals surface area contributed by atoms with Gasteiger partial charge in [-0.15, -0.1) is 0 Å². The van der Waals surface area contributed by atoms with Crippen LogP contribution in [-0.4, -0.2) is 16.1 Å². The first-order chi connectivity index (χ1) is 9.40. The molecule has 2 rings (SSSR count). The molecule has 0 aliphatic heterocycles. The second-order valence-electron chi connectivity index (χ2n) is 5.00. The van der Waals surface area contributed by atoms with E-state index in [-0.39, 0.29) is 5.56 Å². The van der Waals surface area contributed by atoms with Crippen molar-refractivity contribution in [3.63, 3.8) is 0 Å². The van der Waals surface area contributed by atoms with Gasteiger partial charge in [0.25, 0.3) is 0 Å². The van der Waals surface area contributed by atoms with Gasteiger partial charge in [0.2, 0.25) is 0 Å². The summed E-state index contributed by atoms with van der Waals surface area (Å²) >= 11 is 0. The molecule has 2 N–H and O–H groups in total. The Morgan fingerprint density at radius 3 is 2.25 bits per heavy atom. The monoisotopic (exact) mass is 270 g/mol. The van der Waals surface area contributed by atoms with E-state index in [9.17, 15) is 9.90 Å². The number of aromatic carboxylic acids is 1. The van der Waals surface area contributed by atoms with E-state index in [2.05, 4.69) is 10.3 Å². The quantitative estimate of drug-likeness (QED) is 0.891. The Morgan fingerprint density at radius 2 is 1.70 bits per heavy atom. The van der Waals surface area contributed by atoms with Crippen LogP contribution in [0, 0.1) is 27.7 Å². The normalized spacial score (nSPS) is 10.4. The van der Waals surface area contributed by atoms with Crippen LogP contribution in [0.5, 0.6) is 0 Å². The van der Waals surface area contributed by atoms with E-state index >= 15 is 0 Å². The number of hydrogen-bond acceptors (Lipinski definition) is 3. The molecule has 0 aliphatic rings. The molecule has 2 aromatic rings. The minimum atomic E-state index is -0.969. The van der Waals surface area contributed by atoms with Gasteiger partial charge in [-0.1, -0.05) is 18.2 Å². The number of carboxylic acid groups (broad SMARTS) is 1. The summed E-state index contributed by atoms with van der Waals surface area (Å²) in [5.41, 5.74) is 4.75. The van der Waals surface area contributed by atoms with Crippen LogP contribution < -0.4 is 5.32 Å². The van der Waals surface area contributed by atoms with Gasteiger partial charge in [-0.2, -0.15) is 0 Å². The third-order valence-corrected chi connectivity index (χ3v) is 3.28. The van der Waals surface area contributed by atoms with Crippen LogP contribution in [0.1, 0.15) is 32.7 Å². The minimum absolute atomic E-state index is 0.221. The Hall–Kier alpha value is -2.36. The van der Waals surface area contributed by atoms with E-state index in [1.165, 1.54) is 0 Å². The Kier molecular flexibility index (Phi) is 3.74. The van der Waals surface area contributed by atoms with E-state index in [0.717, 1.165) is 22.5 Å². The third kappa shape index (κ3) is 2.64. The molecule has 104 valence electrons. The van der Waals surface area contributed by atoms with Crippen molar-refractivity contribution in [2.24, 2.45) is 0 Å². The molecule has 0 spiro atoms. The summed E-state index contributed by atoms with van der Waals surface area (Å²) in [6.45, 7) is 7.61. The van der Waals surface area contributed by atoms with Crippen LogP contribution in [-0.2, 0) is 0 Å². The third-order valence-electron chi connectivity index (χ3n) is 3.28. The van der Waals surface area contributed by atoms with E-state index in [0.29, 0.717) is 11.4 Å². The molecule has 0 bridgehead atoms.